The number of pyridine rings is 1. The number of benzene rings is 1. The van der Waals surface area contributed by atoms with Crippen LogP contribution in [-0.4, -0.2) is 41.9 Å². The Bertz CT molecular complexity index is 814. The lowest BCUT2D eigenvalue weighted by molar-refractivity contribution is 0.0724. The zero-order valence-corrected chi connectivity index (χ0v) is 15.1. The van der Waals surface area contributed by atoms with Gasteiger partial charge in [-0.05, 0) is 49.9 Å². The van der Waals surface area contributed by atoms with Crippen molar-refractivity contribution >= 4 is 17.5 Å². The molecule has 0 saturated carbocycles. The molecule has 1 aliphatic rings. The number of hydrogen-bond donors (Lipinski definition) is 1. The SMILES string of the molecule is COc1ccc(C)cc1NC(=O)c1cncc(C(=O)N2CCCCC2)c1. The maximum Gasteiger partial charge on any atom is 0.257 e. The topological polar surface area (TPSA) is 71.5 Å². The second-order valence-electron chi connectivity index (χ2n) is 6.47. The van der Waals surface area contributed by atoms with Crippen LogP contribution in [0.4, 0.5) is 5.69 Å². The summed E-state index contributed by atoms with van der Waals surface area (Å²) in [5, 5.41) is 2.84. The molecule has 0 radical (unpaired) electrons. The largest absolute Gasteiger partial charge is 0.495 e. The van der Waals surface area contributed by atoms with Gasteiger partial charge in [0.05, 0.1) is 23.9 Å². The van der Waals surface area contributed by atoms with E-state index in [2.05, 4.69) is 10.3 Å². The molecule has 0 spiro atoms. The Kier molecular flexibility index (Phi) is 5.51. The summed E-state index contributed by atoms with van der Waals surface area (Å²) in [7, 11) is 1.56. The van der Waals surface area contributed by atoms with Crippen LogP contribution in [0.15, 0.2) is 36.7 Å². The van der Waals surface area contributed by atoms with Crippen LogP contribution in [0.3, 0.4) is 0 Å². The molecule has 6 heteroatoms. The van der Waals surface area contributed by atoms with E-state index in [1.54, 1.807) is 19.2 Å². The van der Waals surface area contributed by atoms with Crippen LogP contribution in [0, 0.1) is 6.92 Å². The normalized spacial score (nSPS) is 14.0. The van der Waals surface area contributed by atoms with E-state index in [4.69, 9.17) is 4.74 Å². The molecule has 6 nitrogen and oxygen atoms in total. The number of rotatable bonds is 4. The number of ether oxygens (including phenoxy) is 1. The number of anilines is 1. The Morgan fingerprint density at radius 2 is 1.81 bits per heavy atom. The molecular weight excluding hydrogens is 330 g/mol. The standard InChI is InChI=1S/C20H23N3O3/c1-14-6-7-18(26-2)17(10-14)22-19(24)15-11-16(13-21-12-15)20(25)23-8-4-3-5-9-23/h6-7,10-13H,3-5,8-9H2,1-2H3,(H,22,24). The van der Waals surface area contributed by atoms with Gasteiger partial charge >= 0.3 is 0 Å². The van der Waals surface area contributed by atoms with Crippen LogP contribution in [0.5, 0.6) is 5.75 Å². The van der Waals surface area contributed by atoms with Crippen molar-refractivity contribution in [3.8, 4) is 5.75 Å². The van der Waals surface area contributed by atoms with Gasteiger partial charge in [0.2, 0.25) is 0 Å². The number of aromatic nitrogens is 1. The van der Waals surface area contributed by atoms with Gasteiger partial charge in [-0.2, -0.15) is 0 Å². The molecule has 2 aromatic rings. The number of likely N-dealkylation sites (tertiary alicyclic amines) is 1. The molecular formula is C20H23N3O3. The molecule has 1 aromatic carbocycles. The van der Waals surface area contributed by atoms with Crippen molar-refractivity contribution in [1.82, 2.24) is 9.88 Å². The molecule has 136 valence electrons. The Labute approximate surface area is 153 Å². The van der Waals surface area contributed by atoms with Crippen molar-refractivity contribution in [3.05, 3.63) is 53.3 Å². The summed E-state index contributed by atoms with van der Waals surface area (Å²) in [4.78, 5) is 31.1. The van der Waals surface area contributed by atoms with Crippen LogP contribution in [0.1, 0.15) is 45.5 Å². The zero-order chi connectivity index (χ0) is 18.5. The number of amides is 2. The van der Waals surface area contributed by atoms with E-state index in [-0.39, 0.29) is 11.8 Å². The van der Waals surface area contributed by atoms with Gasteiger partial charge < -0.3 is 15.0 Å². The number of methoxy groups -OCH3 is 1. The van der Waals surface area contributed by atoms with Gasteiger partial charge in [0, 0.05) is 25.5 Å². The summed E-state index contributed by atoms with van der Waals surface area (Å²) in [5.74, 6) is 0.187. The molecule has 0 aliphatic carbocycles. The second-order valence-corrected chi connectivity index (χ2v) is 6.47. The average Bonchev–Trinajstić information content (AvgIpc) is 2.68. The molecule has 0 unspecified atom stereocenters. The van der Waals surface area contributed by atoms with E-state index < -0.39 is 0 Å². The number of piperidine rings is 1. The predicted octanol–water partition coefficient (Wildman–Crippen LogP) is 3.28. The molecule has 0 bridgehead atoms. The lowest BCUT2D eigenvalue weighted by Crippen LogP contribution is -2.35. The van der Waals surface area contributed by atoms with Gasteiger partial charge in [0.25, 0.3) is 11.8 Å². The Balaban J connectivity index is 1.78. The predicted molar refractivity (Wildman–Crippen MR) is 99.7 cm³/mol. The van der Waals surface area contributed by atoms with E-state index in [0.29, 0.717) is 22.6 Å². The highest BCUT2D eigenvalue weighted by Gasteiger charge is 2.20. The fourth-order valence-electron chi connectivity index (χ4n) is 3.07. The van der Waals surface area contributed by atoms with Crippen molar-refractivity contribution in [1.29, 1.82) is 0 Å². The highest BCUT2D eigenvalue weighted by molar-refractivity contribution is 6.06. The quantitative estimate of drug-likeness (QED) is 0.916. The monoisotopic (exact) mass is 353 g/mol. The minimum absolute atomic E-state index is 0.0695. The summed E-state index contributed by atoms with van der Waals surface area (Å²) < 4.78 is 5.29. The van der Waals surface area contributed by atoms with Gasteiger partial charge in [-0.15, -0.1) is 0 Å². The number of aryl methyl sites for hydroxylation is 1. The van der Waals surface area contributed by atoms with Crippen molar-refractivity contribution in [2.24, 2.45) is 0 Å². The Hall–Kier alpha value is -2.89. The van der Waals surface area contributed by atoms with Crippen molar-refractivity contribution in [2.75, 3.05) is 25.5 Å². The summed E-state index contributed by atoms with van der Waals surface area (Å²) >= 11 is 0. The zero-order valence-electron chi connectivity index (χ0n) is 15.1. The minimum atomic E-state index is -0.324. The summed E-state index contributed by atoms with van der Waals surface area (Å²) in [6.45, 7) is 3.46. The number of carbonyl (C=O) groups excluding carboxylic acids is 2. The third-order valence-electron chi connectivity index (χ3n) is 4.49. The van der Waals surface area contributed by atoms with Crippen LogP contribution in [0.2, 0.25) is 0 Å². The third-order valence-corrected chi connectivity index (χ3v) is 4.49. The molecule has 1 saturated heterocycles. The fraction of sp³-hybridized carbons (Fsp3) is 0.350. The molecule has 1 fully saturated rings. The number of hydrogen-bond acceptors (Lipinski definition) is 4. The molecule has 0 atom stereocenters. The molecule has 1 aliphatic heterocycles. The lowest BCUT2D eigenvalue weighted by Gasteiger charge is -2.26. The van der Waals surface area contributed by atoms with Crippen LogP contribution >= 0.6 is 0 Å². The van der Waals surface area contributed by atoms with E-state index in [1.165, 1.54) is 12.4 Å². The minimum Gasteiger partial charge on any atom is -0.495 e. The molecule has 3 rings (SSSR count). The summed E-state index contributed by atoms with van der Waals surface area (Å²) in [6, 6.07) is 7.15. The molecule has 26 heavy (non-hydrogen) atoms. The molecule has 2 heterocycles. The maximum absolute atomic E-state index is 12.6. The maximum atomic E-state index is 12.6. The fourth-order valence-corrected chi connectivity index (χ4v) is 3.07. The highest BCUT2D eigenvalue weighted by Crippen LogP contribution is 2.25. The Morgan fingerprint density at radius 3 is 2.54 bits per heavy atom. The third kappa shape index (κ3) is 4.02. The van der Waals surface area contributed by atoms with Crippen LogP contribution < -0.4 is 10.1 Å². The first-order valence-corrected chi connectivity index (χ1v) is 8.79. The van der Waals surface area contributed by atoms with Crippen LogP contribution in [0.25, 0.3) is 0 Å². The van der Waals surface area contributed by atoms with E-state index >= 15 is 0 Å². The van der Waals surface area contributed by atoms with E-state index in [0.717, 1.165) is 37.9 Å². The highest BCUT2D eigenvalue weighted by atomic mass is 16.5. The summed E-state index contributed by atoms with van der Waals surface area (Å²) in [6.07, 6.45) is 6.17. The number of nitrogens with zero attached hydrogens (tertiary/aromatic N) is 2. The lowest BCUT2D eigenvalue weighted by atomic mass is 10.1. The van der Waals surface area contributed by atoms with Gasteiger partial charge in [-0.25, -0.2) is 0 Å². The second kappa shape index (κ2) is 7.99. The van der Waals surface area contributed by atoms with Gasteiger partial charge in [0.1, 0.15) is 5.75 Å². The average molecular weight is 353 g/mol. The first-order chi connectivity index (χ1) is 12.6. The molecule has 1 N–H and O–H groups in total. The molecule has 1 aromatic heterocycles. The number of carbonyl (C=O) groups is 2. The van der Waals surface area contributed by atoms with E-state index in [9.17, 15) is 9.59 Å². The van der Waals surface area contributed by atoms with Gasteiger partial charge in [0.15, 0.2) is 0 Å². The van der Waals surface area contributed by atoms with Crippen molar-refractivity contribution in [2.45, 2.75) is 26.2 Å². The number of nitrogens with one attached hydrogen (secondary N) is 1. The van der Waals surface area contributed by atoms with E-state index in [1.807, 2.05) is 24.0 Å². The van der Waals surface area contributed by atoms with Crippen molar-refractivity contribution < 1.29 is 14.3 Å². The first kappa shape index (κ1) is 17.9. The summed E-state index contributed by atoms with van der Waals surface area (Å²) in [5.41, 5.74) is 2.38. The van der Waals surface area contributed by atoms with Gasteiger partial charge in [-0.3, -0.25) is 14.6 Å². The smallest absolute Gasteiger partial charge is 0.257 e. The Morgan fingerprint density at radius 1 is 1.08 bits per heavy atom. The van der Waals surface area contributed by atoms with Crippen molar-refractivity contribution in [3.63, 3.8) is 0 Å². The van der Waals surface area contributed by atoms with Gasteiger partial charge in [-0.1, -0.05) is 6.07 Å². The molecule has 2 amide bonds. The van der Waals surface area contributed by atoms with Crippen LogP contribution in [-0.2, 0) is 0 Å². The first-order valence-electron chi connectivity index (χ1n) is 8.79.